The smallest absolute Gasteiger partial charge is 0.0931 e. The van der Waals surface area contributed by atoms with Gasteiger partial charge in [-0.25, -0.2) is 0 Å². The molecule has 2 bridgehead atoms. The van der Waals surface area contributed by atoms with Crippen LogP contribution in [0.4, 0.5) is 0 Å². The second kappa shape index (κ2) is 5.89. The number of likely N-dealkylation sites (tertiary alicyclic amines) is 1. The molecule has 0 spiro atoms. The topological polar surface area (TPSA) is 15.3 Å². The molecule has 0 amide bonds. The molecule has 0 aromatic carbocycles. The van der Waals surface area contributed by atoms with Gasteiger partial charge in [0.25, 0.3) is 0 Å². The van der Waals surface area contributed by atoms with Crippen molar-refractivity contribution in [3.05, 3.63) is 21.3 Å². The van der Waals surface area contributed by atoms with Gasteiger partial charge in [0.2, 0.25) is 0 Å². The van der Waals surface area contributed by atoms with E-state index in [-0.39, 0.29) is 12.4 Å². The highest BCUT2D eigenvalue weighted by molar-refractivity contribution is 7.16. The molecule has 0 radical (unpaired) electrons. The summed E-state index contributed by atoms with van der Waals surface area (Å²) in [6, 6.07) is 5.66. The van der Waals surface area contributed by atoms with Crippen molar-refractivity contribution in [3.63, 3.8) is 0 Å². The molecule has 2 aliphatic rings. The average molecular weight is 293 g/mol. The second-order valence-corrected chi connectivity index (χ2v) is 6.67. The molecule has 96 valence electrons. The fraction of sp³-hybridized carbons (Fsp3) is 0.667. The molecule has 2 nitrogen and oxygen atoms in total. The van der Waals surface area contributed by atoms with Crippen molar-refractivity contribution in [2.75, 3.05) is 13.1 Å². The zero-order chi connectivity index (χ0) is 11.0. The molecule has 2 atom stereocenters. The average Bonchev–Trinajstić information content (AvgIpc) is 2.77. The number of hydrogen-bond donors (Lipinski definition) is 1. The van der Waals surface area contributed by atoms with Gasteiger partial charge in [-0.2, -0.15) is 0 Å². The molecule has 0 aliphatic carbocycles. The van der Waals surface area contributed by atoms with Gasteiger partial charge in [-0.3, -0.25) is 4.90 Å². The van der Waals surface area contributed by atoms with Crippen molar-refractivity contribution < 1.29 is 0 Å². The van der Waals surface area contributed by atoms with Crippen LogP contribution in [0.1, 0.15) is 24.1 Å². The zero-order valence-corrected chi connectivity index (χ0v) is 12.1. The molecule has 1 aromatic heterocycles. The molecule has 3 rings (SSSR count). The number of fused-ring (bicyclic) bond motifs is 2. The quantitative estimate of drug-likeness (QED) is 0.901. The van der Waals surface area contributed by atoms with Gasteiger partial charge in [0.05, 0.1) is 4.34 Å². The number of nitrogens with zero attached hydrogens (tertiary/aromatic N) is 1. The first-order valence-corrected chi connectivity index (χ1v) is 7.21. The van der Waals surface area contributed by atoms with E-state index in [1.165, 1.54) is 37.2 Å². The highest BCUT2D eigenvalue weighted by Gasteiger charge is 2.29. The van der Waals surface area contributed by atoms with Crippen LogP contribution in [0.15, 0.2) is 12.1 Å². The minimum Gasteiger partial charge on any atom is -0.310 e. The Hall–Kier alpha value is 0.200. The zero-order valence-electron chi connectivity index (χ0n) is 9.69. The summed E-state index contributed by atoms with van der Waals surface area (Å²) in [5.41, 5.74) is 0. The van der Waals surface area contributed by atoms with Crippen LogP contribution in [0, 0.1) is 0 Å². The van der Waals surface area contributed by atoms with Gasteiger partial charge in [-0.05, 0) is 31.4 Å². The summed E-state index contributed by atoms with van der Waals surface area (Å²) in [5.74, 6) is 0. The maximum atomic E-state index is 5.96. The van der Waals surface area contributed by atoms with E-state index in [1.54, 1.807) is 11.3 Å². The highest BCUT2D eigenvalue weighted by Crippen LogP contribution is 2.25. The third kappa shape index (κ3) is 3.36. The van der Waals surface area contributed by atoms with Gasteiger partial charge in [-0.1, -0.05) is 11.6 Å². The summed E-state index contributed by atoms with van der Waals surface area (Å²) < 4.78 is 0.907. The fourth-order valence-electron chi connectivity index (χ4n) is 2.82. The molecule has 1 aromatic rings. The first-order chi connectivity index (χ1) is 7.79. The van der Waals surface area contributed by atoms with Gasteiger partial charge in [-0.15, -0.1) is 23.7 Å². The Morgan fingerprint density at radius 3 is 2.88 bits per heavy atom. The standard InChI is InChI=1S/C12H17ClN2S.ClH/c13-12-4-3-11(16-12)8-15-6-5-9-1-2-10(7-15)14-9;/h3-4,9-10,14H,1-2,5-8H2;1H. The third-order valence-corrected chi connectivity index (χ3v) is 4.83. The Morgan fingerprint density at radius 1 is 1.29 bits per heavy atom. The first kappa shape index (κ1) is 13.6. The second-order valence-electron chi connectivity index (χ2n) is 4.87. The summed E-state index contributed by atoms with van der Waals surface area (Å²) in [4.78, 5) is 3.96. The predicted octanol–water partition coefficient (Wildman–Crippen LogP) is 3.15. The predicted molar refractivity (Wildman–Crippen MR) is 76.4 cm³/mol. The van der Waals surface area contributed by atoms with Crippen LogP contribution in [-0.4, -0.2) is 30.1 Å². The molecule has 17 heavy (non-hydrogen) atoms. The number of rotatable bonds is 2. The monoisotopic (exact) mass is 292 g/mol. The molecular weight excluding hydrogens is 275 g/mol. The van der Waals surface area contributed by atoms with E-state index in [4.69, 9.17) is 11.6 Å². The summed E-state index contributed by atoms with van der Waals surface area (Å²) >= 11 is 7.67. The Labute approximate surface area is 118 Å². The minimum absolute atomic E-state index is 0. The van der Waals surface area contributed by atoms with Crippen molar-refractivity contribution >= 4 is 35.3 Å². The van der Waals surface area contributed by atoms with E-state index in [1.807, 2.05) is 6.07 Å². The van der Waals surface area contributed by atoms with Crippen molar-refractivity contribution in [2.24, 2.45) is 0 Å². The molecule has 2 aliphatic heterocycles. The van der Waals surface area contributed by atoms with Crippen LogP contribution in [0.2, 0.25) is 4.34 Å². The molecule has 5 heteroatoms. The lowest BCUT2D eigenvalue weighted by atomic mass is 10.1. The molecule has 2 unspecified atom stereocenters. The molecule has 2 fully saturated rings. The van der Waals surface area contributed by atoms with Crippen LogP contribution >= 0.6 is 35.3 Å². The number of thiophene rings is 1. The molecule has 1 N–H and O–H groups in total. The molecule has 2 saturated heterocycles. The third-order valence-electron chi connectivity index (χ3n) is 3.62. The fourth-order valence-corrected chi connectivity index (χ4v) is 3.95. The SMILES string of the molecule is Cl.Clc1ccc(CN2CCC3CCC(C2)N3)s1. The Kier molecular flexibility index (Phi) is 4.72. The number of hydrogen-bond acceptors (Lipinski definition) is 3. The number of nitrogens with one attached hydrogen (secondary N) is 1. The van der Waals surface area contributed by atoms with E-state index in [0.29, 0.717) is 0 Å². The van der Waals surface area contributed by atoms with Gasteiger partial charge in [0.1, 0.15) is 0 Å². The van der Waals surface area contributed by atoms with Crippen LogP contribution in [-0.2, 0) is 6.54 Å². The van der Waals surface area contributed by atoms with Gasteiger partial charge in [0.15, 0.2) is 0 Å². The van der Waals surface area contributed by atoms with Crippen LogP contribution in [0.25, 0.3) is 0 Å². The Balaban J connectivity index is 0.00000108. The van der Waals surface area contributed by atoms with E-state index < -0.39 is 0 Å². The maximum Gasteiger partial charge on any atom is 0.0931 e. The summed E-state index contributed by atoms with van der Waals surface area (Å²) in [6.45, 7) is 3.50. The number of halogens is 2. The maximum absolute atomic E-state index is 5.96. The van der Waals surface area contributed by atoms with Crippen LogP contribution in [0.5, 0.6) is 0 Å². The first-order valence-electron chi connectivity index (χ1n) is 6.02. The van der Waals surface area contributed by atoms with Crippen molar-refractivity contribution in [3.8, 4) is 0 Å². The highest BCUT2D eigenvalue weighted by atomic mass is 35.5. The molecule has 3 heterocycles. The summed E-state index contributed by atoms with van der Waals surface area (Å²) in [7, 11) is 0. The van der Waals surface area contributed by atoms with Crippen LogP contribution in [0.3, 0.4) is 0 Å². The van der Waals surface area contributed by atoms with Crippen molar-refractivity contribution in [1.29, 1.82) is 0 Å². The van der Waals surface area contributed by atoms with E-state index in [2.05, 4.69) is 16.3 Å². The Morgan fingerprint density at radius 2 is 2.12 bits per heavy atom. The van der Waals surface area contributed by atoms with E-state index in [0.717, 1.165) is 23.0 Å². The minimum atomic E-state index is 0. The summed E-state index contributed by atoms with van der Waals surface area (Å²) in [6.07, 6.45) is 4.03. The summed E-state index contributed by atoms with van der Waals surface area (Å²) in [5, 5.41) is 3.71. The van der Waals surface area contributed by atoms with Gasteiger partial charge < -0.3 is 5.32 Å². The lowest BCUT2D eigenvalue weighted by molar-refractivity contribution is 0.253. The normalized spacial score (nSPS) is 28.8. The molecular formula is C12H18Cl2N2S. The van der Waals surface area contributed by atoms with Gasteiger partial charge >= 0.3 is 0 Å². The van der Waals surface area contributed by atoms with Gasteiger partial charge in [0, 0.05) is 36.6 Å². The largest absolute Gasteiger partial charge is 0.310 e. The lowest BCUT2D eigenvalue weighted by Gasteiger charge is -2.23. The lowest BCUT2D eigenvalue weighted by Crippen LogP contribution is -2.34. The van der Waals surface area contributed by atoms with E-state index in [9.17, 15) is 0 Å². The van der Waals surface area contributed by atoms with Crippen molar-refractivity contribution in [2.45, 2.75) is 37.9 Å². The Bertz CT molecular complexity index is 369. The van der Waals surface area contributed by atoms with Crippen molar-refractivity contribution in [1.82, 2.24) is 10.2 Å². The van der Waals surface area contributed by atoms with Crippen LogP contribution < -0.4 is 5.32 Å². The van der Waals surface area contributed by atoms with E-state index >= 15 is 0 Å². The molecule has 0 saturated carbocycles.